The molecular weight excluding hydrogens is 522 g/mol. The van der Waals surface area contributed by atoms with E-state index >= 15 is 0 Å². The third-order valence-electron chi connectivity index (χ3n) is 7.77. The van der Waals surface area contributed by atoms with Gasteiger partial charge in [-0.25, -0.2) is 4.39 Å². The monoisotopic (exact) mass is 551 g/mol. The van der Waals surface area contributed by atoms with Crippen LogP contribution < -0.4 is 0 Å². The largest absolute Gasteiger partial charge is 0.423 e. The fourth-order valence-electron chi connectivity index (χ4n) is 5.78. The van der Waals surface area contributed by atoms with Gasteiger partial charge in [-0.05, 0) is 61.7 Å². The van der Waals surface area contributed by atoms with Crippen LogP contribution in [0.2, 0.25) is 0 Å². The number of benzene rings is 3. The molecule has 3 aromatic carbocycles. The Hall–Kier alpha value is -3.85. The van der Waals surface area contributed by atoms with E-state index in [4.69, 9.17) is 4.42 Å². The van der Waals surface area contributed by atoms with Crippen molar-refractivity contribution >= 4 is 5.78 Å². The predicted octanol–water partition coefficient (Wildman–Crippen LogP) is 7.55. The molecule has 0 amide bonds. The van der Waals surface area contributed by atoms with Gasteiger partial charge in [0, 0.05) is 35.5 Å². The van der Waals surface area contributed by atoms with Crippen LogP contribution in [0.4, 0.5) is 17.6 Å². The van der Waals surface area contributed by atoms with Gasteiger partial charge in [-0.3, -0.25) is 9.69 Å². The summed E-state index contributed by atoms with van der Waals surface area (Å²) in [7, 11) is 1.91. The van der Waals surface area contributed by atoms with Crippen molar-refractivity contribution in [1.82, 2.24) is 15.1 Å². The Morgan fingerprint density at radius 3 is 2.42 bits per heavy atom. The molecule has 0 radical (unpaired) electrons. The van der Waals surface area contributed by atoms with Crippen LogP contribution in [0.15, 0.2) is 83.6 Å². The summed E-state index contributed by atoms with van der Waals surface area (Å²) in [5.74, 6) is -0.988. The minimum absolute atomic E-state index is 0.0135. The summed E-state index contributed by atoms with van der Waals surface area (Å²) in [6.07, 6.45) is -0.499. The van der Waals surface area contributed by atoms with Crippen LogP contribution >= 0.6 is 0 Å². The highest BCUT2D eigenvalue weighted by Gasteiger charge is 2.36. The van der Waals surface area contributed by atoms with Gasteiger partial charge in [-0.15, -0.1) is 10.2 Å². The van der Waals surface area contributed by atoms with Gasteiger partial charge in [0.05, 0.1) is 5.56 Å². The van der Waals surface area contributed by atoms with Crippen LogP contribution in [0.5, 0.6) is 0 Å². The third kappa shape index (κ3) is 6.14. The van der Waals surface area contributed by atoms with E-state index in [-0.39, 0.29) is 23.7 Å². The molecule has 0 aliphatic heterocycles. The molecule has 0 N–H and O–H groups in total. The molecule has 1 heterocycles. The number of halogens is 4. The van der Waals surface area contributed by atoms with Gasteiger partial charge < -0.3 is 4.42 Å². The van der Waals surface area contributed by atoms with Crippen molar-refractivity contribution in [3.8, 4) is 11.5 Å². The zero-order chi connectivity index (χ0) is 28.3. The number of nitrogens with zero attached hydrogens (tertiary/aromatic N) is 3. The lowest BCUT2D eigenvalue weighted by Gasteiger charge is -2.35. The Morgan fingerprint density at radius 2 is 1.77 bits per heavy atom. The summed E-state index contributed by atoms with van der Waals surface area (Å²) in [5.41, 5.74) is 1.66. The van der Waals surface area contributed by atoms with E-state index < -0.39 is 17.6 Å². The molecule has 0 spiro atoms. The maximum atomic E-state index is 14.3. The summed E-state index contributed by atoms with van der Waals surface area (Å²) in [6.45, 7) is 0.290. The molecule has 0 saturated heterocycles. The first-order chi connectivity index (χ1) is 19.2. The molecule has 4 aromatic rings. The fourth-order valence-corrected chi connectivity index (χ4v) is 5.78. The molecule has 5 nitrogen and oxygen atoms in total. The van der Waals surface area contributed by atoms with Gasteiger partial charge >= 0.3 is 6.18 Å². The Labute approximate surface area is 229 Å². The standard InChI is InChI=1S/C31H29F4N3O2/c1-38(18-20-10-15-26(27(32)16-20)31(33,34)35)28-9-5-8-24(17-25(28)21-6-3-2-4-7-21)29(39)22-11-13-23(14-12-22)30-37-36-19-40-30/h2-4,6-7,10-16,19,24-25,28H,5,8-9,17-18H2,1H3/t24?,25-,28+/m1/s1. The fraction of sp³-hybridized carbons (Fsp3) is 0.323. The second kappa shape index (κ2) is 11.7. The Balaban J connectivity index is 1.36. The molecule has 9 heteroatoms. The number of carbonyl (C=O) groups excluding carboxylic acids is 1. The second-order valence-corrected chi connectivity index (χ2v) is 10.4. The minimum atomic E-state index is -4.73. The summed E-state index contributed by atoms with van der Waals surface area (Å²) in [4.78, 5) is 15.7. The van der Waals surface area contributed by atoms with E-state index in [2.05, 4.69) is 27.2 Å². The molecule has 1 aromatic heterocycles. The SMILES string of the molecule is CN(Cc1ccc(C(F)(F)F)c(F)c1)[C@H]1CCCC(C(=O)c2ccc(-c3nnco3)cc2)C[C@@H]1c1ccccc1. The van der Waals surface area contributed by atoms with Gasteiger partial charge in [0.15, 0.2) is 5.78 Å². The molecule has 1 fully saturated rings. The highest BCUT2D eigenvalue weighted by Crippen LogP contribution is 2.39. The second-order valence-electron chi connectivity index (χ2n) is 10.4. The van der Waals surface area contributed by atoms with Crippen LogP contribution in [-0.4, -0.2) is 34.0 Å². The molecule has 0 bridgehead atoms. The zero-order valence-corrected chi connectivity index (χ0v) is 21.9. The van der Waals surface area contributed by atoms with E-state index in [1.165, 1.54) is 12.5 Å². The van der Waals surface area contributed by atoms with Gasteiger partial charge in [-0.1, -0.05) is 55.0 Å². The van der Waals surface area contributed by atoms with Gasteiger partial charge in [0.2, 0.25) is 12.3 Å². The number of carbonyl (C=O) groups is 1. The summed E-state index contributed by atoms with van der Waals surface area (Å²) >= 11 is 0. The number of alkyl halides is 3. The highest BCUT2D eigenvalue weighted by atomic mass is 19.4. The molecule has 208 valence electrons. The average Bonchev–Trinajstić information content (AvgIpc) is 3.39. The number of rotatable bonds is 7. The third-order valence-corrected chi connectivity index (χ3v) is 7.77. The Kier molecular flexibility index (Phi) is 8.12. The van der Waals surface area contributed by atoms with Crippen LogP contribution in [0.1, 0.15) is 58.6 Å². The van der Waals surface area contributed by atoms with Crippen molar-refractivity contribution in [1.29, 1.82) is 0 Å². The molecule has 40 heavy (non-hydrogen) atoms. The number of Topliss-reactive ketones (excluding diaryl/α,β-unsaturated/α-hetero) is 1. The highest BCUT2D eigenvalue weighted by molar-refractivity contribution is 5.98. The Morgan fingerprint density at radius 1 is 1.02 bits per heavy atom. The summed E-state index contributed by atoms with van der Waals surface area (Å²) in [6, 6.07) is 20.3. The Bertz CT molecular complexity index is 1420. The van der Waals surface area contributed by atoms with E-state index in [0.29, 0.717) is 30.0 Å². The van der Waals surface area contributed by atoms with Crippen molar-refractivity contribution in [2.24, 2.45) is 5.92 Å². The molecule has 1 aliphatic rings. The quantitative estimate of drug-likeness (QED) is 0.135. The lowest BCUT2D eigenvalue weighted by atomic mass is 9.81. The number of hydrogen-bond donors (Lipinski definition) is 0. The van der Waals surface area contributed by atoms with Gasteiger partial charge in [0.1, 0.15) is 5.82 Å². The van der Waals surface area contributed by atoms with E-state index in [9.17, 15) is 22.4 Å². The number of hydrogen-bond acceptors (Lipinski definition) is 5. The first-order valence-corrected chi connectivity index (χ1v) is 13.2. The van der Waals surface area contributed by atoms with Crippen molar-refractivity contribution < 1.29 is 26.8 Å². The molecule has 3 atom stereocenters. The van der Waals surface area contributed by atoms with Crippen molar-refractivity contribution in [3.63, 3.8) is 0 Å². The lowest BCUT2D eigenvalue weighted by molar-refractivity contribution is -0.140. The zero-order valence-electron chi connectivity index (χ0n) is 21.9. The molecule has 1 unspecified atom stereocenters. The number of ketones is 1. The van der Waals surface area contributed by atoms with Crippen molar-refractivity contribution in [2.75, 3.05) is 7.05 Å². The normalized spacial score (nSPS) is 19.9. The van der Waals surface area contributed by atoms with Gasteiger partial charge in [0.25, 0.3) is 0 Å². The molecule has 1 saturated carbocycles. The lowest BCUT2D eigenvalue weighted by Crippen LogP contribution is -2.36. The van der Waals surface area contributed by atoms with E-state index in [1.54, 1.807) is 24.3 Å². The van der Waals surface area contributed by atoms with Crippen LogP contribution in [0, 0.1) is 11.7 Å². The van der Waals surface area contributed by atoms with Crippen LogP contribution in [-0.2, 0) is 12.7 Å². The summed E-state index contributed by atoms with van der Waals surface area (Å²) in [5, 5.41) is 7.60. The van der Waals surface area contributed by atoms with Gasteiger partial charge in [-0.2, -0.15) is 13.2 Å². The number of likely N-dealkylation sites (N-methyl/N-ethyl adjacent to an activating group) is 1. The maximum Gasteiger partial charge on any atom is 0.419 e. The number of aromatic nitrogens is 2. The van der Waals surface area contributed by atoms with Crippen LogP contribution in [0.3, 0.4) is 0 Å². The predicted molar refractivity (Wildman–Crippen MR) is 142 cm³/mol. The first kappa shape index (κ1) is 27.7. The van der Waals surface area contributed by atoms with Crippen molar-refractivity contribution in [2.45, 2.75) is 50.4 Å². The van der Waals surface area contributed by atoms with E-state index in [1.807, 2.05) is 25.2 Å². The topological polar surface area (TPSA) is 59.2 Å². The smallest absolute Gasteiger partial charge is 0.419 e. The molecule has 1 aliphatic carbocycles. The molecule has 5 rings (SSSR count). The summed E-state index contributed by atoms with van der Waals surface area (Å²) < 4.78 is 58.6. The van der Waals surface area contributed by atoms with Crippen molar-refractivity contribution in [3.05, 3.63) is 107 Å². The maximum absolute atomic E-state index is 14.3. The molecular formula is C31H29F4N3O2. The minimum Gasteiger partial charge on any atom is -0.423 e. The van der Waals surface area contributed by atoms with Crippen LogP contribution in [0.25, 0.3) is 11.5 Å². The van der Waals surface area contributed by atoms with E-state index in [0.717, 1.165) is 42.5 Å². The first-order valence-electron chi connectivity index (χ1n) is 13.2. The average molecular weight is 552 g/mol.